The van der Waals surface area contributed by atoms with Gasteiger partial charge in [0.05, 0.1) is 6.61 Å². The largest absolute Gasteiger partial charge is 0.476 e. The van der Waals surface area contributed by atoms with Gasteiger partial charge in [0.15, 0.2) is 11.5 Å². The van der Waals surface area contributed by atoms with Gasteiger partial charge >= 0.3 is 12.1 Å². The summed E-state index contributed by atoms with van der Waals surface area (Å²) in [5.74, 6) is -0.959. The van der Waals surface area contributed by atoms with Gasteiger partial charge < -0.3 is 24.4 Å². The van der Waals surface area contributed by atoms with E-state index in [0.717, 1.165) is 0 Å². The highest BCUT2D eigenvalue weighted by Gasteiger charge is 2.43. The molecule has 0 radical (unpaired) electrons. The first kappa shape index (κ1) is 15.3. The van der Waals surface area contributed by atoms with Gasteiger partial charge in [-0.25, -0.2) is 9.59 Å². The lowest BCUT2D eigenvalue weighted by Gasteiger charge is -2.28. The van der Waals surface area contributed by atoms with Gasteiger partial charge in [-0.2, -0.15) is 0 Å². The third kappa shape index (κ3) is 3.52. The van der Waals surface area contributed by atoms with Gasteiger partial charge in [-0.3, -0.25) is 0 Å². The molecule has 1 amide bonds. The van der Waals surface area contributed by atoms with Crippen molar-refractivity contribution >= 4 is 12.1 Å². The summed E-state index contributed by atoms with van der Waals surface area (Å²) in [5, 5.41) is 15.1. The Morgan fingerprint density at radius 1 is 1.48 bits per heavy atom. The fourth-order valence-corrected chi connectivity index (χ4v) is 2.02. The molecule has 2 heterocycles. The number of hydrogen-bond donors (Lipinski definition) is 2. The number of amides is 1. The van der Waals surface area contributed by atoms with Crippen molar-refractivity contribution in [1.29, 1.82) is 0 Å². The molecule has 21 heavy (non-hydrogen) atoms. The number of alkyl carbamates (subject to hydrolysis) is 1. The molecule has 1 aromatic heterocycles. The first-order valence-corrected chi connectivity index (χ1v) is 6.51. The lowest BCUT2D eigenvalue weighted by molar-refractivity contribution is 0.0412. The van der Waals surface area contributed by atoms with Crippen LogP contribution < -0.4 is 5.32 Å². The van der Waals surface area contributed by atoms with Crippen molar-refractivity contribution in [3.8, 4) is 0 Å². The predicted octanol–water partition coefficient (Wildman–Crippen LogP) is 1.51. The van der Waals surface area contributed by atoms with Crippen molar-refractivity contribution in [3.05, 3.63) is 17.5 Å². The molecule has 2 N–H and O–H groups in total. The first-order valence-electron chi connectivity index (χ1n) is 6.51. The van der Waals surface area contributed by atoms with Crippen LogP contribution in [0.15, 0.2) is 10.6 Å². The fourth-order valence-electron chi connectivity index (χ4n) is 2.02. The maximum atomic E-state index is 12.0. The topological polar surface area (TPSA) is 111 Å². The van der Waals surface area contributed by atoms with Gasteiger partial charge in [-0.05, 0) is 20.8 Å². The first-order chi connectivity index (χ1) is 9.72. The molecule has 2 rings (SSSR count). The molecule has 1 aliphatic rings. The van der Waals surface area contributed by atoms with Crippen molar-refractivity contribution in [2.75, 3.05) is 13.2 Å². The maximum Gasteiger partial charge on any atom is 0.408 e. The number of nitrogens with one attached hydrogen (secondary N) is 1. The number of ether oxygens (including phenoxy) is 2. The van der Waals surface area contributed by atoms with Gasteiger partial charge in [-0.15, -0.1) is 0 Å². The van der Waals surface area contributed by atoms with Crippen LogP contribution in [0.5, 0.6) is 0 Å². The standard InChI is InChI=1S/C13H18N2O6/c1-12(2,3)20-11(18)14-13(4-5-19-7-13)9-6-8(10(16)17)15-21-9/h6H,4-5,7H2,1-3H3,(H,14,18)(H,16,17). The van der Waals surface area contributed by atoms with Crippen LogP contribution in [0.25, 0.3) is 0 Å². The van der Waals surface area contributed by atoms with E-state index in [0.29, 0.717) is 13.0 Å². The number of aromatic nitrogens is 1. The van der Waals surface area contributed by atoms with Crippen LogP contribution >= 0.6 is 0 Å². The fraction of sp³-hybridized carbons (Fsp3) is 0.615. The second-order valence-electron chi connectivity index (χ2n) is 5.89. The minimum absolute atomic E-state index is 0.167. The van der Waals surface area contributed by atoms with Gasteiger partial charge in [0.25, 0.3) is 0 Å². The predicted molar refractivity (Wildman–Crippen MR) is 69.9 cm³/mol. The highest BCUT2D eigenvalue weighted by molar-refractivity contribution is 5.85. The van der Waals surface area contributed by atoms with Crippen LogP contribution in [0.2, 0.25) is 0 Å². The second kappa shape index (κ2) is 5.36. The lowest BCUT2D eigenvalue weighted by atomic mass is 9.95. The highest BCUT2D eigenvalue weighted by atomic mass is 16.6. The molecule has 1 aliphatic heterocycles. The van der Waals surface area contributed by atoms with E-state index >= 15 is 0 Å². The number of hydrogen-bond acceptors (Lipinski definition) is 6. The van der Waals surface area contributed by atoms with Crippen molar-refractivity contribution in [1.82, 2.24) is 10.5 Å². The molecule has 0 spiro atoms. The number of carbonyl (C=O) groups excluding carboxylic acids is 1. The molecule has 116 valence electrons. The smallest absolute Gasteiger partial charge is 0.408 e. The van der Waals surface area contributed by atoms with Crippen LogP contribution in [-0.2, 0) is 15.0 Å². The van der Waals surface area contributed by atoms with Crippen LogP contribution in [0.3, 0.4) is 0 Å². The van der Waals surface area contributed by atoms with Gasteiger partial charge in [0.1, 0.15) is 11.1 Å². The third-order valence-corrected chi connectivity index (χ3v) is 2.96. The Bertz CT molecular complexity index is 539. The number of aromatic carboxylic acids is 1. The van der Waals surface area contributed by atoms with Crippen LogP contribution in [0.1, 0.15) is 43.4 Å². The van der Waals surface area contributed by atoms with Crippen molar-refractivity contribution in [3.63, 3.8) is 0 Å². The van der Waals surface area contributed by atoms with Gasteiger partial charge in [0.2, 0.25) is 0 Å². The average molecular weight is 298 g/mol. The second-order valence-corrected chi connectivity index (χ2v) is 5.89. The summed E-state index contributed by atoms with van der Waals surface area (Å²) >= 11 is 0. The molecule has 1 atom stereocenters. The Morgan fingerprint density at radius 2 is 2.19 bits per heavy atom. The Labute approximate surface area is 121 Å². The summed E-state index contributed by atoms with van der Waals surface area (Å²) < 4.78 is 15.6. The van der Waals surface area contributed by atoms with Crippen LogP contribution in [-0.4, -0.2) is 41.1 Å². The molecule has 0 aromatic carbocycles. The zero-order valence-electron chi connectivity index (χ0n) is 12.1. The average Bonchev–Trinajstić information content (AvgIpc) is 2.93. The molecule has 1 aromatic rings. The summed E-state index contributed by atoms with van der Waals surface area (Å²) in [6.07, 6.45) is -0.179. The number of rotatable bonds is 3. The molecular formula is C13H18N2O6. The zero-order chi connectivity index (χ0) is 15.7. The van der Waals surface area contributed by atoms with Crippen LogP contribution in [0.4, 0.5) is 4.79 Å². The summed E-state index contributed by atoms with van der Waals surface area (Å²) in [7, 11) is 0. The molecule has 1 saturated heterocycles. The summed E-state index contributed by atoms with van der Waals surface area (Å²) in [6, 6.07) is 1.29. The Morgan fingerprint density at radius 3 is 2.67 bits per heavy atom. The Balaban J connectivity index is 2.20. The molecule has 0 aliphatic carbocycles. The third-order valence-electron chi connectivity index (χ3n) is 2.96. The SMILES string of the molecule is CC(C)(C)OC(=O)NC1(c2cc(C(=O)O)no2)CCOC1. The molecular weight excluding hydrogens is 280 g/mol. The van der Waals surface area contributed by atoms with Crippen molar-refractivity contribution < 1.29 is 28.7 Å². The van der Waals surface area contributed by atoms with Gasteiger partial charge in [0, 0.05) is 19.1 Å². The Hall–Kier alpha value is -2.09. The minimum atomic E-state index is -1.20. The quantitative estimate of drug-likeness (QED) is 0.870. The molecule has 1 unspecified atom stereocenters. The van der Waals surface area contributed by atoms with E-state index in [9.17, 15) is 9.59 Å². The maximum absolute atomic E-state index is 12.0. The Kier molecular flexibility index (Phi) is 3.91. The number of carboxylic acid groups (broad SMARTS) is 1. The summed E-state index contributed by atoms with van der Waals surface area (Å²) in [6.45, 7) is 5.84. The molecule has 0 saturated carbocycles. The monoisotopic (exact) mass is 298 g/mol. The summed E-state index contributed by atoms with van der Waals surface area (Å²) in [4.78, 5) is 22.8. The number of nitrogens with zero attached hydrogens (tertiary/aromatic N) is 1. The van der Waals surface area contributed by atoms with E-state index in [-0.39, 0.29) is 18.1 Å². The van der Waals surface area contributed by atoms with E-state index in [2.05, 4.69) is 10.5 Å². The van der Waals surface area contributed by atoms with E-state index < -0.39 is 23.2 Å². The number of carbonyl (C=O) groups is 2. The molecule has 8 heteroatoms. The van der Waals surface area contributed by atoms with Gasteiger partial charge in [-0.1, -0.05) is 5.16 Å². The van der Waals surface area contributed by atoms with Crippen LogP contribution in [0, 0.1) is 0 Å². The van der Waals surface area contributed by atoms with Crippen molar-refractivity contribution in [2.24, 2.45) is 0 Å². The number of carboxylic acids is 1. The molecule has 1 fully saturated rings. The summed E-state index contributed by atoms with van der Waals surface area (Å²) in [5.41, 5.74) is -1.82. The highest BCUT2D eigenvalue weighted by Crippen LogP contribution is 2.31. The van der Waals surface area contributed by atoms with E-state index in [1.807, 2.05) is 0 Å². The van der Waals surface area contributed by atoms with E-state index in [1.54, 1.807) is 20.8 Å². The van der Waals surface area contributed by atoms with E-state index in [1.165, 1.54) is 6.07 Å². The molecule has 0 bridgehead atoms. The lowest BCUT2D eigenvalue weighted by Crippen LogP contribution is -2.48. The van der Waals surface area contributed by atoms with Crippen molar-refractivity contribution in [2.45, 2.75) is 38.3 Å². The zero-order valence-corrected chi connectivity index (χ0v) is 12.1. The molecule has 8 nitrogen and oxygen atoms in total. The normalized spacial score (nSPS) is 22.0. The van der Waals surface area contributed by atoms with E-state index in [4.69, 9.17) is 19.1 Å². The minimum Gasteiger partial charge on any atom is -0.476 e.